The molecular weight excluding hydrogens is 128 g/mol. The van der Waals surface area contributed by atoms with Gasteiger partial charge < -0.3 is 9.30 Å². The second kappa shape index (κ2) is 2.42. The van der Waals surface area contributed by atoms with Crippen LogP contribution in [0.2, 0.25) is 0 Å². The van der Waals surface area contributed by atoms with Gasteiger partial charge in [-0.3, -0.25) is 0 Å². The molecule has 1 aliphatic heterocycles. The summed E-state index contributed by atoms with van der Waals surface area (Å²) in [6.07, 6.45) is 4.78. The van der Waals surface area contributed by atoms with E-state index in [0.29, 0.717) is 0 Å². The zero-order valence-corrected chi connectivity index (χ0v) is 5.79. The second-order valence-corrected chi connectivity index (χ2v) is 2.44. The lowest BCUT2D eigenvalue weighted by molar-refractivity contribution is 0.140. The van der Waals surface area contributed by atoms with E-state index in [1.165, 1.54) is 5.69 Å². The van der Waals surface area contributed by atoms with Gasteiger partial charge in [-0.1, -0.05) is 0 Å². The van der Waals surface area contributed by atoms with E-state index in [4.69, 9.17) is 4.74 Å². The van der Waals surface area contributed by atoms with Gasteiger partial charge in [0.2, 0.25) is 0 Å². The third-order valence-electron chi connectivity index (χ3n) is 1.78. The maximum atomic E-state index is 5.29. The summed E-state index contributed by atoms with van der Waals surface area (Å²) >= 11 is 0. The standard InChI is InChI=1S/C7H10N2O/c1-3-10-4-2-9-6-8-5-7(1)9/h5-6H,1-4H2. The lowest BCUT2D eigenvalue weighted by Crippen LogP contribution is -2.01. The van der Waals surface area contributed by atoms with Gasteiger partial charge in [-0.25, -0.2) is 4.98 Å². The Morgan fingerprint density at radius 2 is 2.50 bits per heavy atom. The first-order valence-electron chi connectivity index (χ1n) is 3.53. The van der Waals surface area contributed by atoms with Gasteiger partial charge in [-0.05, 0) is 0 Å². The summed E-state index contributed by atoms with van der Waals surface area (Å²) in [6, 6.07) is 0. The Morgan fingerprint density at radius 1 is 1.50 bits per heavy atom. The number of imidazole rings is 1. The Labute approximate surface area is 59.6 Å². The summed E-state index contributed by atoms with van der Waals surface area (Å²) in [5, 5.41) is 0. The van der Waals surface area contributed by atoms with Crippen LogP contribution in [0.4, 0.5) is 0 Å². The van der Waals surface area contributed by atoms with E-state index in [9.17, 15) is 0 Å². The molecule has 0 radical (unpaired) electrons. The molecule has 0 aromatic carbocycles. The second-order valence-electron chi connectivity index (χ2n) is 2.44. The predicted molar refractivity (Wildman–Crippen MR) is 36.8 cm³/mol. The Hall–Kier alpha value is -0.830. The minimum atomic E-state index is 0.823. The fourth-order valence-electron chi connectivity index (χ4n) is 1.20. The van der Waals surface area contributed by atoms with Crippen molar-refractivity contribution in [1.29, 1.82) is 0 Å². The van der Waals surface area contributed by atoms with E-state index in [2.05, 4.69) is 9.55 Å². The molecule has 0 atom stereocenters. The number of aromatic nitrogens is 2. The van der Waals surface area contributed by atoms with Crippen molar-refractivity contribution in [1.82, 2.24) is 9.55 Å². The molecule has 0 saturated carbocycles. The fourth-order valence-corrected chi connectivity index (χ4v) is 1.20. The molecule has 0 spiro atoms. The molecule has 1 aromatic rings. The van der Waals surface area contributed by atoms with Gasteiger partial charge in [-0.2, -0.15) is 0 Å². The van der Waals surface area contributed by atoms with Crippen molar-refractivity contribution in [2.75, 3.05) is 13.2 Å². The van der Waals surface area contributed by atoms with Crippen LogP contribution >= 0.6 is 0 Å². The van der Waals surface area contributed by atoms with Gasteiger partial charge in [0, 0.05) is 24.9 Å². The Balaban J connectivity index is 2.28. The van der Waals surface area contributed by atoms with Crippen LogP contribution in [0.25, 0.3) is 0 Å². The van der Waals surface area contributed by atoms with Gasteiger partial charge in [0.05, 0.1) is 19.5 Å². The Morgan fingerprint density at radius 3 is 3.50 bits per heavy atom. The fraction of sp³-hybridized carbons (Fsp3) is 0.571. The zero-order valence-electron chi connectivity index (χ0n) is 5.79. The molecule has 0 N–H and O–H groups in total. The largest absolute Gasteiger partial charge is 0.379 e. The van der Waals surface area contributed by atoms with E-state index in [1.54, 1.807) is 0 Å². The van der Waals surface area contributed by atoms with E-state index in [1.807, 2.05) is 12.5 Å². The summed E-state index contributed by atoms with van der Waals surface area (Å²) in [6.45, 7) is 2.62. The number of rotatable bonds is 0. The van der Waals surface area contributed by atoms with Gasteiger partial charge in [0.1, 0.15) is 0 Å². The molecule has 0 amide bonds. The van der Waals surface area contributed by atoms with Crippen molar-refractivity contribution in [3.63, 3.8) is 0 Å². The summed E-state index contributed by atoms with van der Waals surface area (Å²) in [4.78, 5) is 4.05. The molecule has 0 unspecified atom stereocenters. The first-order valence-corrected chi connectivity index (χ1v) is 3.53. The minimum Gasteiger partial charge on any atom is -0.379 e. The molecule has 1 aliphatic rings. The van der Waals surface area contributed by atoms with Crippen LogP contribution in [0.15, 0.2) is 12.5 Å². The highest BCUT2D eigenvalue weighted by Crippen LogP contribution is 2.04. The third kappa shape index (κ3) is 0.926. The van der Waals surface area contributed by atoms with Gasteiger partial charge in [0.15, 0.2) is 0 Å². The van der Waals surface area contributed by atoms with E-state index in [0.717, 1.165) is 26.2 Å². The maximum absolute atomic E-state index is 5.29. The normalized spacial score (nSPS) is 18.0. The molecule has 10 heavy (non-hydrogen) atoms. The number of hydrogen-bond donors (Lipinski definition) is 0. The first-order chi connectivity index (χ1) is 4.97. The van der Waals surface area contributed by atoms with Crippen LogP contribution in [0.3, 0.4) is 0 Å². The number of ether oxygens (including phenoxy) is 1. The van der Waals surface area contributed by atoms with Gasteiger partial charge >= 0.3 is 0 Å². The van der Waals surface area contributed by atoms with Crippen LogP contribution in [-0.4, -0.2) is 22.8 Å². The Kier molecular flexibility index (Phi) is 1.43. The summed E-state index contributed by atoms with van der Waals surface area (Å²) in [5.41, 5.74) is 1.29. The van der Waals surface area contributed by atoms with Gasteiger partial charge in [0.25, 0.3) is 0 Å². The number of hydrogen-bond acceptors (Lipinski definition) is 2. The highest BCUT2D eigenvalue weighted by Gasteiger charge is 2.05. The molecule has 0 bridgehead atoms. The number of nitrogens with zero attached hydrogens (tertiary/aromatic N) is 2. The zero-order chi connectivity index (χ0) is 6.81. The summed E-state index contributed by atoms with van der Waals surface area (Å²) < 4.78 is 7.43. The van der Waals surface area contributed by atoms with Crippen molar-refractivity contribution < 1.29 is 4.74 Å². The lowest BCUT2D eigenvalue weighted by Gasteiger charge is -1.98. The topological polar surface area (TPSA) is 27.1 Å². The van der Waals surface area contributed by atoms with Crippen molar-refractivity contribution in [2.45, 2.75) is 13.0 Å². The molecule has 0 aliphatic carbocycles. The summed E-state index contributed by atoms with van der Waals surface area (Å²) in [5.74, 6) is 0. The van der Waals surface area contributed by atoms with E-state index in [-0.39, 0.29) is 0 Å². The van der Waals surface area contributed by atoms with E-state index >= 15 is 0 Å². The van der Waals surface area contributed by atoms with Crippen molar-refractivity contribution in [3.05, 3.63) is 18.2 Å². The molecule has 2 rings (SSSR count). The van der Waals surface area contributed by atoms with Crippen molar-refractivity contribution in [2.24, 2.45) is 0 Å². The summed E-state index contributed by atoms with van der Waals surface area (Å²) in [7, 11) is 0. The molecule has 0 fully saturated rings. The lowest BCUT2D eigenvalue weighted by atomic mass is 10.3. The molecule has 3 heteroatoms. The molecule has 2 heterocycles. The van der Waals surface area contributed by atoms with Crippen molar-refractivity contribution in [3.8, 4) is 0 Å². The predicted octanol–water partition coefficient (Wildman–Crippen LogP) is 0.456. The minimum absolute atomic E-state index is 0.823. The molecular formula is C7H10N2O. The maximum Gasteiger partial charge on any atom is 0.0948 e. The third-order valence-corrected chi connectivity index (χ3v) is 1.78. The van der Waals surface area contributed by atoms with Gasteiger partial charge in [-0.15, -0.1) is 0 Å². The quantitative estimate of drug-likeness (QED) is 0.520. The van der Waals surface area contributed by atoms with Crippen LogP contribution in [-0.2, 0) is 17.7 Å². The van der Waals surface area contributed by atoms with Crippen LogP contribution in [0.1, 0.15) is 5.69 Å². The Bertz CT molecular complexity index is 199. The average molecular weight is 138 g/mol. The van der Waals surface area contributed by atoms with Crippen LogP contribution in [0, 0.1) is 0 Å². The smallest absolute Gasteiger partial charge is 0.0948 e. The molecule has 3 nitrogen and oxygen atoms in total. The average Bonchev–Trinajstić information content (AvgIpc) is 2.28. The highest BCUT2D eigenvalue weighted by molar-refractivity contribution is 4.99. The van der Waals surface area contributed by atoms with E-state index < -0.39 is 0 Å². The SMILES string of the molecule is c1ncn2c1CCOCC2. The monoisotopic (exact) mass is 138 g/mol. The highest BCUT2D eigenvalue weighted by atomic mass is 16.5. The first kappa shape index (κ1) is 5.92. The molecule has 54 valence electrons. The molecule has 1 aromatic heterocycles. The van der Waals surface area contributed by atoms with Crippen LogP contribution in [0.5, 0.6) is 0 Å². The molecule has 0 saturated heterocycles. The number of fused-ring (bicyclic) bond motifs is 1. The van der Waals surface area contributed by atoms with Crippen LogP contribution < -0.4 is 0 Å². The van der Waals surface area contributed by atoms with Crippen molar-refractivity contribution >= 4 is 0 Å².